The van der Waals surface area contributed by atoms with Crippen molar-refractivity contribution in [3.05, 3.63) is 65.2 Å². The predicted molar refractivity (Wildman–Crippen MR) is 116 cm³/mol. The van der Waals surface area contributed by atoms with Crippen LogP contribution >= 0.6 is 11.8 Å². The number of hydrogen-bond acceptors (Lipinski definition) is 4. The number of nitrogens with two attached hydrogens (primary N) is 1. The Balaban J connectivity index is 1.82. The highest BCUT2D eigenvalue weighted by atomic mass is 32.2. The van der Waals surface area contributed by atoms with Crippen molar-refractivity contribution in [2.24, 2.45) is 10.7 Å². The van der Waals surface area contributed by atoms with Crippen LogP contribution in [-0.4, -0.2) is 34.3 Å². The Kier molecular flexibility index (Phi) is 5.83. The van der Waals surface area contributed by atoms with Gasteiger partial charge in [0.15, 0.2) is 0 Å². The van der Waals surface area contributed by atoms with Gasteiger partial charge in [0, 0.05) is 16.5 Å². The fourth-order valence-electron chi connectivity index (χ4n) is 4.55. The molecule has 1 spiro atoms. The highest BCUT2D eigenvalue weighted by Crippen LogP contribution is 2.44. The Bertz CT molecular complexity index is 1030. The number of carbonyl (C=O) groups excluding carboxylic acids is 2. The van der Waals surface area contributed by atoms with Gasteiger partial charge in [0.1, 0.15) is 29.1 Å². The van der Waals surface area contributed by atoms with Crippen LogP contribution in [0.5, 0.6) is 0 Å². The standard InChI is InChI=1S/C23H23F2N3O2S/c1-31-18-7-5-14(6-8-18)19-22(30)28(23(27-19)9-3-2-4-10-23)20(21(26)29)15-11-16(24)13-17(25)12-15/h5-8,11-13,20H,2-4,9-10H2,1H3,(H2,26,29). The maximum atomic E-state index is 14.0. The number of amides is 2. The molecule has 2 aliphatic rings. The lowest BCUT2D eigenvalue weighted by molar-refractivity contribution is -0.141. The summed E-state index contributed by atoms with van der Waals surface area (Å²) < 4.78 is 27.9. The van der Waals surface area contributed by atoms with Gasteiger partial charge in [-0.05, 0) is 61.8 Å². The van der Waals surface area contributed by atoms with Crippen LogP contribution < -0.4 is 5.73 Å². The number of primary amides is 1. The highest BCUT2D eigenvalue weighted by molar-refractivity contribution is 7.98. The van der Waals surface area contributed by atoms with Crippen LogP contribution in [0.15, 0.2) is 52.4 Å². The first-order valence-corrected chi connectivity index (χ1v) is 11.4. The van der Waals surface area contributed by atoms with Crippen molar-refractivity contribution >= 4 is 29.3 Å². The molecule has 2 aromatic carbocycles. The first-order chi connectivity index (χ1) is 14.8. The van der Waals surface area contributed by atoms with Crippen LogP contribution in [-0.2, 0) is 9.59 Å². The lowest BCUT2D eigenvalue weighted by Gasteiger charge is -2.42. The molecule has 1 fully saturated rings. The summed E-state index contributed by atoms with van der Waals surface area (Å²) in [5, 5.41) is 0. The van der Waals surface area contributed by atoms with Gasteiger partial charge in [-0.25, -0.2) is 8.78 Å². The van der Waals surface area contributed by atoms with Crippen molar-refractivity contribution in [1.82, 2.24) is 4.90 Å². The van der Waals surface area contributed by atoms with Crippen LogP contribution in [0, 0.1) is 11.6 Å². The van der Waals surface area contributed by atoms with Crippen LogP contribution in [0.4, 0.5) is 8.78 Å². The SMILES string of the molecule is CSc1ccc(C2=NC3(CCCCC3)N(C(C(N)=O)c3cc(F)cc(F)c3)C2=O)cc1. The van der Waals surface area contributed by atoms with E-state index in [-0.39, 0.29) is 11.3 Å². The molecule has 1 atom stereocenters. The van der Waals surface area contributed by atoms with Crippen LogP contribution in [0.3, 0.4) is 0 Å². The summed E-state index contributed by atoms with van der Waals surface area (Å²) in [4.78, 5) is 33.4. The van der Waals surface area contributed by atoms with E-state index in [2.05, 4.69) is 0 Å². The molecule has 162 valence electrons. The summed E-state index contributed by atoms with van der Waals surface area (Å²) in [6.45, 7) is 0. The second-order valence-corrected chi connectivity index (χ2v) is 8.79. The predicted octanol–water partition coefficient (Wildman–Crippen LogP) is 4.21. The van der Waals surface area contributed by atoms with Gasteiger partial charge in [-0.3, -0.25) is 19.5 Å². The van der Waals surface area contributed by atoms with Gasteiger partial charge in [-0.1, -0.05) is 18.6 Å². The summed E-state index contributed by atoms with van der Waals surface area (Å²) in [7, 11) is 0. The molecule has 4 rings (SSSR count). The molecular weight excluding hydrogens is 420 g/mol. The van der Waals surface area contributed by atoms with Gasteiger partial charge < -0.3 is 5.73 Å². The lowest BCUT2D eigenvalue weighted by atomic mass is 9.86. The zero-order valence-electron chi connectivity index (χ0n) is 17.1. The Morgan fingerprint density at radius 2 is 1.71 bits per heavy atom. The van der Waals surface area contributed by atoms with Crippen molar-refractivity contribution in [2.75, 3.05) is 6.26 Å². The van der Waals surface area contributed by atoms with Crippen LogP contribution in [0.25, 0.3) is 0 Å². The Labute approximate surface area is 183 Å². The van der Waals surface area contributed by atoms with Gasteiger partial charge in [0.2, 0.25) is 5.91 Å². The summed E-state index contributed by atoms with van der Waals surface area (Å²) in [6, 6.07) is 8.95. The molecule has 1 saturated carbocycles. The minimum Gasteiger partial charge on any atom is -0.368 e. The first kappa shape index (κ1) is 21.5. The van der Waals surface area contributed by atoms with Crippen molar-refractivity contribution in [3.63, 3.8) is 0 Å². The highest BCUT2D eigenvalue weighted by Gasteiger charge is 2.52. The van der Waals surface area contributed by atoms with Crippen LogP contribution in [0.2, 0.25) is 0 Å². The van der Waals surface area contributed by atoms with E-state index in [0.29, 0.717) is 18.4 Å². The molecule has 0 saturated heterocycles. The number of halogens is 2. The van der Waals surface area contributed by atoms with E-state index < -0.39 is 35.2 Å². The van der Waals surface area contributed by atoms with Gasteiger partial charge in [0.25, 0.3) is 5.91 Å². The summed E-state index contributed by atoms with van der Waals surface area (Å²) in [5.74, 6) is -2.97. The average Bonchev–Trinajstić information content (AvgIpc) is 3.00. The van der Waals surface area contributed by atoms with Gasteiger partial charge in [-0.2, -0.15) is 0 Å². The molecule has 1 aliphatic heterocycles. The van der Waals surface area contributed by atoms with Crippen molar-refractivity contribution in [1.29, 1.82) is 0 Å². The van der Waals surface area contributed by atoms with E-state index in [1.165, 1.54) is 4.90 Å². The van der Waals surface area contributed by atoms with E-state index in [9.17, 15) is 18.4 Å². The fourth-order valence-corrected chi connectivity index (χ4v) is 4.96. The number of benzene rings is 2. The largest absolute Gasteiger partial charge is 0.368 e. The number of nitrogens with zero attached hydrogens (tertiary/aromatic N) is 2. The summed E-state index contributed by atoms with van der Waals surface area (Å²) in [5.41, 5.74) is 5.64. The van der Waals surface area contributed by atoms with E-state index in [1.807, 2.05) is 30.5 Å². The monoisotopic (exact) mass is 443 g/mol. The molecule has 1 unspecified atom stereocenters. The molecule has 31 heavy (non-hydrogen) atoms. The van der Waals surface area contributed by atoms with Gasteiger partial charge in [-0.15, -0.1) is 11.8 Å². The molecule has 0 radical (unpaired) electrons. The van der Waals surface area contributed by atoms with E-state index in [4.69, 9.17) is 10.7 Å². The zero-order chi connectivity index (χ0) is 22.2. The number of aliphatic imine (C=N–C) groups is 1. The summed E-state index contributed by atoms with van der Waals surface area (Å²) >= 11 is 1.58. The molecule has 2 N–H and O–H groups in total. The van der Waals surface area contributed by atoms with Crippen molar-refractivity contribution in [2.45, 2.75) is 48.7 Å². The first-order valence-electron chi connectivity index (χ1n) is 10.2. The van der Waals surface area contributed by atoms with Crippen LogP contribution in [0.1, 0.15) is 49.3 Å². The number of thioether (sulfide) groups is 1. The number of hydrogen-bond donors (Lipinski definition) is 1. The van der Waals surface area contributed by atoms with E-state index >= 15 is 0 Å². The Morgan fingerprint density at radius 1 is 1.10 bits per heavy atom. The maximum Gasteiger partial charge on any atom is 0.275 e. The molecule has 2 amide bonds. The molecule has 8 heteroatoms. The Morgan fingerprint density at radius 3 is 2.26 bits per heavy atom. The number of rotatable bonds is 5. The molecule has 1 aliphatic carbocycles. The third-order valence-electron chi connectivity index (χ3n) is 5.94. The zero-order valence-corrected chi connectivity index (χ0v) is 17.9. The maximum absolute atomic E-state index is 14.0. The Hall–Kier alpha value is -2.74. The summed E-state index contributed by atoms with van der Waals surface area (Å²) in [6.07, 6.45) is 5.73. The molecule has 1 heterocycles. The second-order valence-electron chi connectivity index (χ2n) is 7.91. The minimum atomic E-state index is -1.32. The third kappa shape index (κ3) is 3.96. The third-order valence-corrected chi connectivity index (χ3v) is 6.68. The fraction of sp³-hybridized carbons (Fsp3) is 0.348. The normalized spacial score (nSPS) is 18.9. The smallest absolute Gasteiger partial charge is 0.275 e. The average molecular weight is 444 g/mol. The molecule has 5 nitrogen and oxygen atoms in total. The molecular formula is C23H23F2N3O2S. The quantitative estimate of drug-likeness (QED) is 0.704. The second kappa shape index (κ2) is 8.42. The van der Waals surface area contributed by atoms with Gasteiger partial charge in [0.05, 0.1) is 0 Å². The topological polar surface area (TPSA) is 75.8 Å². The number of carbonyl (C=O) groups is 2. The van der Waals surface area contributed by atoms with E-state index in [1.54, 1.807) is 11.8 Å². The lowest BCUT2D eigenvalue weighted by Crippen LogP contribution is -2.53. The molecule has 0 aromatic heterocycles. The van der Waals surface area contributed by atoms with Crippen molar-refractivity contribution < 1.29 is 18.4 Å². The molecule has 2 aromatic rings. The van der Waals surface area contributed by atoms with Gasteiger partial charge >= 0.3 is 0 Å². The minimum absolute atomic E-state index is 0.0116. The van der Waals surface area contributed by atoms with Crippen molar-refractivity contribution in [3.8, 4) is 0 Å². The molecule has 0 bridgehead atoms. The van der Waals surface area contributed by atoms with E-state index in [0.717, 1.165) is 42.4 Å².